The highest BCUT2D eigenvalue weighted by molar-refractivity contribution is 14.0. The van der Waals surface area contributed by atoms with Crippen molar-refractivity contribution in [1.29, 1.82) is 0 Å². The SMILES string of the molecule is CCCNC(=O)CN1CCC(NC(=NC)NCc2ccc(O)c(F)c2)CC1.I. The largest absolute Gasteiger partial charge is 0.505 e. The number of guanidine groups is 1. The monoisotopic (exact) mass is 507 g/mol. The topological polar surface area (TPSA) is 89.0 Å². The average Bonchev–Trinajstić information content (AvgIpc) is 2.67. The van der Waals surface area contributed by atoms with E-state index in [0.717, 1.165) is 44.5 Å². The van der Waals surface area contributed by atoms with Gasteiger partial charge >= 0.3 is 0 Å². The lowest BCUT2D eigenvalue weighted by molar-refractivity contribution is -0.122. The van der Waals surface area contributed by atoms with Crippen molar-refractivity contribution in [3.05, 3.63) is 29.6 Å². The molecule has 0 atom stereocenters. The number of amides is 1. The first-order valence-electron chi connectivity index (χ1n) is 9.45. The van der Waals surface area contributed by atoms with E-state index in [2.05, 4.69) is 25.8 Å². The number of nitrogens with zero attached hydrogens (tertiary/aromatic N) is 2. The maximum absolute atomic E-state index is 13.4. The van der Waals surface area contributed by atoms with E-state index in [1.807, 2.05) is 6.92 Å². The van der Waals surface area contributed by atoms with E-state index in [9.17, 15) is 14.3 Å². The number of phenolic OH excluding ortho intramolecular Hbond substituents is 1. The normalized spacial score (nSPS) is 15.6. The van der Waals surface area contributed by atoms with Gasteiger partial charge < -0.3 is 21.1 Å². The number of piperidine rings is 1. The molecule has 1 amide bonds. The van der Waals surface area contributed by atoms with Crippen LogP contribution >= 0.6 is 24.0 Å². The summed E-state index contributed by atoms with van der Waals surface area (Å²) in [5.74, 6) is -0.242. The number of nitrogens with one attached hydrogen (secondary N) is 3. The van der Waals surface area contributed by atoms with Crippen molar-refractivity contribution >= 4 is 35.8 Å². The molecule has 1 aromatic carbocycles. The zero-order valence-corrected chi connectivity index (χ0v) is 18.8. The second kappa shape index (κ2) is 12.8. The van der Waals surface area contributed by atoms with Gasteiger partial charge in [-0.1, -0.05) is 13.0 Å². The first-order chi connectivity index (χ1) is 13.0. The van der Waals surface area contributed by atoms with Gasteiger partial charge in [0.15, 0.2) is 17.5 Å². The molecule has 2 rings (SSSR count). The van der Waals surface area contributed by atoms with Crippen molar-refractivity contribution in [3.8, 4) is 5.75 Å². The summed E-state index contributed by atoms with van der Waals surface area (Å²) in [6.07, 6.45) is 2.80. The predicted molar refractivity (Wildman–Crippen MR) is 120 cm³/mol. The van der Waals surface area contributed by atoms with Crippen LogP contribution in [0, 0.1) is 5.82 Å². The highest BCUT2D eigenvalue weighted by Gasteiger charge is 2.21. The molecule has 1 heterocycles. The van der Waals surface area contributed by atoms with E-state index in [-0.39, 0.29) is 41.7 Å². The Balaban J connectivity index is 0.00000392. The lowest BCUT2D eigenvalue weighted by Crippen LogP contribution is -2.50. The van der Waals surface area contributed by atoms with Crippen LogP contribution in [-0.2, 0) is 11.3 Å². The first kappa shape index (κ1) is 24.4. The fourth-order valence-electron chi connectivity index (χ4n) is 2.99. The molecule has 28 heavy (non-hydrogen) atoms. The Bertz CT molecular complexity index is 651. The van der Waals surface area contributed by atoms with Crippen molar-refractivity contribution in [2.45, 2.75) is 38.8 Å². The summed E-state index contributed by atoms with van der Waals surface area (Å²) in [5, 5.41) is 18.7. The minimum Gasteiger partial charge on any atom is -0.505 e. The molecule has 7 nitrogen and oxygen atoms in total. The van der Waals surface area contributed by atoms with E-state index in [1.165, 1.54) is 12.1 Å². The summed E-state index contributed by atoms with van der Waals surface area (Å²) in [7, 11) is 1.69. The number of carbonyl (C=O) groups is 1. The lowest BCUT2D eigenvalue weighted by atomic mass is 10.1. The Morgan fingerprint density at radius 1 is 1.32 bits per heavy atom. The van der Waals surface area contributed by atoms with Gasteiger partial charge in [-0.25, -0.2) is 4.39 Å². The van der Waals surface area contributed by atoms with Crippen LogP contribution in [0.15, 0.2) is 23.2 Å². The Hall–Kier alpha value is -1.62. The van der Waals surface area contributed by atoms with Gasteiger partial charge in [-0.2, -0.15) is 0 Å². The fourth-order valence-corrected chi connectivity index (χ4v) is 2.99. The molecule has 1 aliphatic heterocycles. The number of aromatic hydroxyl groups is 1. The molecule has 0 radical (unpaired) electrons. The summed E-state index contributed by atoms with van der Waals surface area (Å²) in [5.41, 5.74) is 0.723. The van der Waals surface area contributed by atoms with Crippen molar-refractivity contribution in [1.82, 2.24) is 20.9 Å². The number of likely N-dealkylation sites (tertiary alicyclic amines) is 1. The van der Waals surface area contributed by atoms with Gasteiger partial charge in [-0.05, 0) is 37.0 Å². The van der Waals surface area contributed by atoms with E-state index in [1.54, 1.807) is 13.1 Å². The minimum atomic E-state index is -0.632. The second-order valence-electron chi connectivity index (χ2n) is 6.76. The molecule has 0 bridgehead atoms. The van der Waals surface area contributed by atoms with Crippen LogP contribution < -0.4 is 16.0 Å². The highest BCUT2D eigenvalue weighted by Crippen LogP contribution is 2.16. The smallest absolute Gasteiger partial charge is 0.234 e. The Kier molecular flexibility index (Phi) is 11.1. The third-order valence-electron chi connectivity index (χ3n) is 4.56. The predicted octanol–water partition coefficient (Wildman–Crippen LogP) is 1.80. The summed E-state index contributed by atoms with van der Waals surface area (Å²) < 4.78 is 13.4. The molecule has 1 aromatic rings. The van der Waals surface area contributed by atoms with Gasteiger partial charge in [0.05, 0.1) is 6.54 Å². The standard InChI is InChI=1S/C19H30FN5O2.HI/c1-3-8-22-18(27)13-25-9-6-15(7-10-25)24-19(21-2)23-12-14-4-5-17(26)16(20)11-14;/h4-5,11,15,26H,3,6-10,12-13H2,1-2H3,(H,22,27)(H2,21,23,24);1H. The van der Waals surface area contributed by atoms with Crippen molar-refractivity contribution in [3.63, 3.8) is 0 Å². The Morgan fingerprint density at radius 3 is 2.64 bits per heavy atom. The first-order valence-corrected chi connectivity index (χ1v) is 9.45. The zero-order valence-electron chi connectivity index (χ0n) is 16.5. The van der Waals surface area contributed by atoms with Crippen molar-refractivity contribution in [2.75, 3.05) is 33.2 Å². The van der Waals surface area contributed by atoms with Crippen LogP contribution in [0.4, 0.5) is 4.39 Å². The third-order valence-corrected chi connectivity index (χ3v) is 4.56. The number of hydrogen-bond donors (Lipinski definition) is 4. The maximum Gasteiger partial charge on any atom is 0.234 e. The molecular weight excluding hydrogens is 476 g/mol. The molecule has 1 aliphatic rings. The molecule has 0 aliphatic carbocycles. The Morgan fingerprint density at radius 2 is 2.04 bits per heavy atom. The van der Waals surface area contributed by atoms with Gasteiger partial charge in [-0.15, -0.1) is 24.0 Å². The van der Waals surface area contributed by atoms with Gasteiger partial charge in [0.1, 0.15) is 0 Å². The number of halogens is 2. The van der Waals surface area contributed by atoms with Crippen LogP contribution in [0.3, 0.4) is 0 Å². The molecule has 1 saturated heterocycles. The van der Waals surface area contributed by atoms with Crippen LogP contribution in [0.25, 0.3) is 0 Å². The number of benzene rings is 1. The van der Waals surface area contributed by atoms with Gasteiger partial charge in [-0.3, -0.25) is 14.7 Å². The molecule has 9 heteroatoms. The lowest BCUT2D eigenvalue weighted by Gasteiger charge is -2.32. The maximum atomic E-state index is 13.4. The summed E-state index contributed by atoms with van der Waals surface area (Å²) in [4.78, 5) is 18.2. The molecule has 0 aromatic heterocycles. The minimum absolute atomic E-state index is 0. The highest BCUT2D eigenvalue weighted by atomic mass is 127. The second-order valence-corrected chi connectivity index (χ2v) is 6.76. The molecule has 0 spiro atoms. The fraction of sp³-hybridized carbons (Fsp3) is 0.579. The van der Waals surface area contributed by atoms with Crippen molar-refractivity contribution < 1.29 is 14.3 Å². The van der Waals surface area contributed by atoms with E-state index >= 15 is 0 Å². The molecule has 0 unspecified atom stereocenters. The molecule has 4 N–H and O–H groups in total. The summed E-state index contributed by atoms with van der Waals surface area (Å²) in [6.45, 7) is 5.34. The molecule has 0 saturated carbocycles. The number of rotatable bonds is 7. The molecular formula is C19H31FIN5O2. The van der Waals surface area contributed by atoms with Crippen LogP contribution in [0.1, 0.15) is 31.7 Å². The number of phenols is 1. The summed E-state index contributed by atoms with van der Waals surface area (Å²) >= 11 is 0. The van der Waals surface area contributed by atoms with Gasteiger partial charge in [0.25, 0.3) is 0 Å². The van der Waals surface area contributed by atoms with Gasteiger partial charge in [0, 0.05) is 39.3 Å². The summed E-state index contributed by atoms with van der Waals surface area (Å²) in [6, 6.07) is 4.59. The molecule has 158 valence electrons. The third kappa shape index (κ3) is 8.17. The van der Waals surface area contributed by atoms with E-state index < -0.39 is 5.82 Å². The average molecular weight is 507 g/mol. The van der Waals surface area contributed by atoms with E-state index in [4.69, 9.17) is 0 Å². The van der Waals surface area contributed by atoms with Crippen LogP contribution in [0.5, 0.6) is 5.75 Å². The van der Waals surface area contributed by atoms with E-state index in [0.29, 0.717) is 19.0 Å². The number of aliphatic imine (C=N–C) groups is 1. The molecule has 1 fully saturated rings. The number of hydrogen-bond acceptors (Lipinski definition) is 4. The van der Waals surface area contributed by atoms with Gasteiger partial charge in [0.2, 0.25) is 5.91 Å². The number of carbonyl (C=O) groups excluding carboxylic acids is 1. The Labute approximate surface area is 183 Å². The zero-order chi connectivity index (χ0) is 19.6. The quantitative estimate of drug-likeness (QED) is 0.257. The van der Waals surface area contributed by atoms with Crippen molar-refractivity contribution in [2.24, 2.45) is 4.99 Å². The van der Waals surface area contributed by atoms with Crippen LogP contribution in [-0.4, -0.2) is 61.1 Å². The van der Waals surface area contributed by atoms with Crippen LogP contribution in [0.2, 0.25) is 0 Å².